The van der Waals surface area contributed by atoms with Crippen LogP contribution < -0.4 is 10.6 Å². The van der Waals surface area contributed by atoms with Gasteiger partial charge in [-0.1, -0.05) is 0 Å². The van der Waals surface area contributed by atoms with Crippen molar-refractivity contribution in [2.24, 2.45) is 0 Å². The predicted molar refractivity (Wildman–Crippen MR) is 58.3 cm³/mol. The third kappa shape index (κ3) is 4.00. The number of nitrogens with zero attached hydrogens (tertiary/aromatic N) is 1. The molecule has 1 aromatic heterocycles. The summed E-state index contributed by atoms with van der Waals surface area (Å²) < 4.78 is 9.83. The highest BCUT2D eigenvalue weighted by Crippen LogP contribution is 2.03. The van der Waals surface area contributed by atoms with E-state index in [1.54, 1.807) is 14.0 Å². The number of hydrogen-bond acceptors (Lipinski definition) is 5. The first kappa shape index (κ1) is 12.7. The molecule has 0 aliphatic carbocycles. The van der Waals surface area contributed by atoms with E-state index in [1.807, 2.05) is 0 Å². The number of hydrogen-bond donors (Lipinski definition) is 2. The lowest BCUT2D eigenvalue weighted by Crippen LogP contribution is -2.33. The summed E-state index contributed by atoms with van der Waals surface area (Å²) in [5, 5.41) is 5.84. The monoisotopic (exact) mass is 227 g/mol. The standard InChI is InChI=1S/C10H17N3O3/c1-8-9(16-7-13-8)10(14)12-4-3-11-5-6-15-2/h7,11H,3-6H2,1-2H3,(H,12,14). The number of nitrogens with one attached hydrogen (secondary N) is 2. The highest BCUT2D eigenvalue weighted by molar-refractivity contribution is 5.92. The molecule has 1 aromatic rings. The molecule has 0 aliphatic heterocycles. The molecule has 0 radical (unpaired) electrons. The highest BCUT2D eigenvalue weighted by atomic mass is 16.5. The van der Waals surface area contributed by atoms with Crippen LogP contribution in [0.2, 0.25) is 0 Å². The van der Waals surface area contributed by atoms with Gasteiger partial charge < -0.3 is 19.8 Å². The van der Waals surface area contributed by atoms with E-state index in [2.05, 4.69) is 15.6 Å². The molecule has 6 heteroatoms. The topological polar surface area (TPSA) is 76.4 Å². The van der Waals surface area contributed by atoms with Gasteiger partial charge in [0.15, 0.2) is 6.39 Å². The Hall–Kier alpha value is -1.40. The fraction of sp³-hybridized carbons (Fsp3) is 0.600. The summed E-state index contributed by atoms with van der Waals surface area (Å²) in [6.45, 7) is 4.41. The number of carbonyl (C=O) groups is 1. The van der Waals surface area contributed by atoms with Crippen molar-refractivity contribution in [3.8, 4) is 0 Å². The second-order valence-electron chi connectivity index (χ2n) is 3.27. The van der Waals surface area contributed by atoms with Gasteiger partial charge in [0.1, 0.15) is 0 Å². The normalized spacial score (nSPS) is 10.4. The van der Waals surface area contributed by atoms with Crippen molar-refractivity contribution in [3.05, 3.63) is 17.8 Å². The number of carbonyl (C=O) groups excluding carboxylic acids is 1. The Morgan fingerprint density at radius 1 is 1.50 bits per heavy atom. The van der Waals surface area contributed by atoms with Gasteiger partial charge >= 0.3 is 0 Å². The van der Waals surface area contributed by atoms with Crippen molar-refractivity contribution in [2.45, 2.75) is 6.92 Å². The fourth-order valence-electron chi connectivity index (χ4n) is 1.16. The maximum Gasteiger partial charge on any atom is 0.289 e. The Kier molecular flexibility index (Phi) is 5.52. The number of amides is 1. The number of methoxy groups -OCH3 is 1. The molecule has 0 atom stereocenters. The van der Waals surface area contributed by atoms with Gasteiger partial charge in [0.2, 0.25) is 5.76 Å². The molecule has 90 valence electrons. The lowest BCUT2D eigenvalue weighted by atomic mass is 10.3. The third-order valence-corrected chi connectivity index (χ3v) is 2.02. The Morgan fingerprint density at radius 3 is 2.94 bits per heavy atom. The van der Waals surface area contributed by atoms with Gasteiger partial charge in [0.25, 0.3) is 5.91 Å². The van der Waals surface area contributed by atoms with Crippen molar-refractivity contribution in [3.63, 3.8) is 0 Å². The Morgan fingerprint density at radius 2 is 2.31 bits per heavy atom. The van der Waals surface area contributed by atoms with E-state index in [0.717, 1.165) is 6.54 Å². The average molecular weight is 227 g/mol. The quantitative estimate of drug-likeness (QED) is 0.639. The van der Waals surface area contributed by atoms with Gasteiger partial charge in [-0.3, -0.25) is 4.79 Å². The van der Waals surface area contributed by atoms with Crippen LogP contribution in [0.1, 0.15) is 16.2 Å². The van der Waals surface area contributed by atoms with Gasteiger partial charge in [0, 0.05) is 26.7 Å². The van der Waals surface area contributed by atoms with E-state index in [9.17, 15) is 4.79 Å². The molecule has 0 bridgehead atoms. The molecule has 1 amide bonds. The van der Waals surface area contributed by atoms with Crippen LogP contribution in [0.5, 0.6) is 0 Å². The molecule has 6 nitrogen and oxygen atoms in total. The molecule has 0 aromatic carbocycles. The maximum absolute atomic E-state index is 11.5. The van der Waals surface area contributed by atoms with E-state index < -0.39 is 0 Å². The molecule has 0 saturated carbocycles. The van der Waals surface area contributed by atoms with Crippen molar-refractivity contribution < 1.29 is 13.9 Å². The number of rotatable bonds is 7. The van der Waals surface area contributed by atoms with Gasteiger partial charge in [-0.25, -0.2) is 4.98 Å². The molecule has 0 unspecified atom stereocenters. The average Bonchev–Trinajstić information content (AvgIpc) is 2.69. The molecule has 0 saturated heterocycles. The second-order valence-corrected chi connectivity index (χ2v) is 3.27. The summed E-state index contributed by atoms with van der Waals surface area (Å²) >= 11 is 0. The van der Waals surface area contributed by atoms with Gasteiger partial charge in [-0.05, 0) is 6.92 Å². The molecule has 1 heterocycles. The Bertz CT molecular complexity index is 325. The summed E-state index contributed by atoms with van der Waals surface area (Å²) in [5.74, 6) is 0.0421. The number of aryl methyl sites for hydroxylation is 1. The van der Waals surface area contributed by atoms with Crippen molar-refractivity contribution in [1.29, 1.82) is 0 Å². The highest BCUT2D eigenvalue weighted by Gasteiger charge is 2.12. The summed E-state index contributed by atoms with van der Waals surface area (Å²) in [6.07, 6.45) is 1.26. The van der Waals surface area contributed by atoms with E-state index in [4.69, 9.17) is 9.15 Å². The lowest BCUT2D eigenvalue weighted by Gasteiger charge is -2.05. The van der Waals surface area contributed by atoms with E-state index >= 15 is 0 Å². The second kappa shape index (κ2) is 6.97. The molecular formula is C10H17N3O3. The van der Waals surface area contributed by atoms with Crippen LogP contribution in [0, 0.1) is 6.92 Å². The number of ether oxygens (including phenoxy) is 1. The van der Waals surface area contributed by atoms with Crippen LogP contribution in [0.25, 0.3) is 0 Å². The van der Waals surface area contributed by atoms with Crippen molar-refractivity contribution >= 4 is 5.91 Å². The van der Waals surface area contributed by atoms with Crippen LogP contribution in [0.15, 0.2) is 10.8 Å². The van der Waals surface area contributed by atoms with Crippen molar-refractivity contribution in [1.82, 2.24) is 15.6 Å². The zero-order valence-corrected chi connectivity index (χ0v) is 9.58. The molecule has 0 fully saturated rings. The minimum atomic E-state index is -0.233. The van der Waals surface area contributed by atoms with Gasteiger partial charge in [0.05, 0.1) is 12.3 Å². The summed E-state index contributed by atoms with van der Waals surface area (Å²) in [6, 6.07) is 0. The zero-order chi connectivity index (χ0) is 11.8. The van der Waals surface area contributed by atoms with E-state index in [0.29, 0.717) is 25.4 Å². The largest absolute Gasteiger partial charge is 0.438 e. The number of aromatic nitrogens is 1. The molecule has 2 N–H and O–H groups in total. The molecule has 16 heavy (non-hydrogen) atoms. The molecule has 0 spiro atoms. The van der Waals surface area contributed by atoms with Crippen LogP contribution in [0.4, 0.5) is 0 Å². The fourth-order valence-corrected chi connectivity index (χ4v) is 1.16. The Labute approximate surface area is 94.4 Å². The lowest BCUT2D eigenvalue weighted by molar-refractivity contribution is 0.0925. The summed E-state index contributed by atoms with van der Waals surface area (Å²) in [7, 11) is 1.65. The van der Waals surface area contributed by atoms with Crippen LogP contribution in [-0.4, -0.2) is 44.2 Å². The first-order valence-electron chi connectivity index (χ1n) is 5.13. The minimum Gasteiger partial charge on any atom is -0.438 e. The van der Waals surface area contributed by atoms with Gasteiger partial charge in [-0.2, -0.15) is 0 Å². The molecular weight excluding hydrogens is 210 g/mol. The molecule has 0 aliphatic rings. The SMILES string of the molecule is COCCNCCNC(=O)c1ocnc1C. The third-order valence-electron chi connectivity index (χ3n) is 2.02. The van der Waals surface area contributed by atoms with E-state index in [-0.39, 0.29) is 11.7 Å². The summed E-state index contributed by atoms with van der Waals surface area (Å²) in [5.41, 5.74) is 0.602. The van der Waals surface area contributed by atoms with Crippen LogP contribution in [-0.2, 0) is 4.74 Å². The van der Waals surface area contributed by atoms with Crippen LogP contribution >= 0.6 is 0 Å². The Balaban J connectivity index is 2.14. The summed E-state index contributed by atoms with van der Waals surface area (Å²) in [4.78, 5) is 15.4. The maximum atomic E-state index is 11.5. The zero-order valence-electron chi connectivity index (χ0n) is 9.58. The first-order chi connectivity index (χ1) is 7.75. The number of oxazole rings is 1. The van der Waals surface area contributed by atoms with Crippen molar-refractivity contribution in [2.75, 3.05) is 33.4 Å². The molecule has 1 rings (SSSR count). The smallest absolute Gasteiger partial charge is 0.289 e. The first-order valence-corrected chi connectivity index (χ1v) is 5.13. The van der Waals surface area contributed by atoms with Crippen LogP contribution in [0.3, 0.4) is 0 Å². The predicted octanol–water partition coefficient (Wildman–Crippen LogP) is -0.0512. The minimum absolute atomic E-state index is 0.233. The van der Waals surface area contributed by atoms with E-state index in [1.165, 1.54) is 6.39 Å². The van der Waals surface area contributed by atoms with Gasteiger partial charge in [-0.15, -0.1) is 0 Å².